The van der Waals surface area contributed by atoms with E-state index in [1.54, 1.807) is 0 Å². The standard InChI is InChI=1S/C23H25FN4.C6H8O7/c1-26-16-20(22-5-2-3-6-23(22)26)17-28(13-4-12-27-14-11-25-18-27)15-19-7-9-21(24)10-8-19;7-3(8)1-6(13,5(11)12)2-4(9)10/h2-3,5-11,14,16,18H,4,12-13,15,17H2,1H3;13H,1-2H2,(H,7,8)(H,9,10)(H,11,12). The van der Waals surface area contributed by atoms with E-state index in [-0.39, 0.29) is 5.82 Å². The Balaban J connectivity index is 0.000000302. The molecule has 218 valence electrons. The zero-order valence-electron chi connectivity index (χ0n) is 22.6. The highest BCUT2D eigenvalue weighted by molar-refractivity contribution is 5.88. The SMILES string of the molecule is Cn1cc(CN(CCCn2ccnc2)Cc2ccc(F)cc2)c2ccccc21.O=C(O)CC(O)(CC(=O)O)C(=O)O. The van der Waals surface area contributed by atoms with Gasteiger partial charge in [0.1, 0.15) is 5.82 Å². The van der Waals surface area contributed by atoms with Crippen LogP contribution in [0.5, 0.6) is 0 Å². The fourth-order valence-corrected chi connectivity index (χ4v) is 4.46. The Labute approximate surface area is 235 Å². The molecule has 0 unspecified atom stereocenters. The Morgan fingerprint density at radius 3 is 2.22 bits per heavy atom. The summed E-state index contributed by atoms with van der Waals surface area (Å²) in [5.74, 6) is -5.21. The van der Waals surface area contributed by atoms with Gasteiger partial charge in [-0.15, -0.1) is 0 Å². The van der Waals surface area contributed by atoms with Gasteiger partial charge in [-0.2, -0.15) is 0 Å². The normalized spacial score (nSPS) is 11.3. The second-order valence-corrected chi connectivity index (χ2v) is 9.75. The monoisotopic (exact) mass is 568 g/mol. The summed E-state index contributed by atoms with van der Waals surface area (Å²) < 4.78 is 17.6. The molecule has 0 saturated carbocycles. The van der Waals surface area contributed by atoms with Crippen molar-refractivity contribution in [1.82, 2.24) is 19.0 Å². The van der Waals surface area contributed by atoms with Crippen molar-refractivity contribution in [2.75, 3.05) is 6.54 Å². The number of benzene rings is 2. The molecule has 0 bridgehead atoms. The molecule has 0 aliphatic rings. The number of imidazole rings is 1. The first-order chi connectivity index (χ1) is 19.5. The number of rotatable bonds is 13. The van der Waals surface area contributed by atoms with E-state index in [1.165, 1.54) is 28.6 Å². The highest BCUT2D eigenvalue weighted by Gasteiger charge is 2.40. The second-order valence-electron chi connectivity index (χ2n) is 9.75. The van der Waals surface area contributed by atoms with Crippen LogP contribution in [0, 0.1) is 5.82 Å². The predicted molar refractivity (Wildman–Crippen MR) is 147 cm³/mol. The summed E-state index contributed by atoms with van der Waals surface area (Å²) in [6.45, 7) is 3.56. The summed E-state index contributed by atoms with van der Waals surface area (Å²) in [4.78, 5) is 37.0. The number of aryl methyl sites for hydroxylation is 2. The average molecular weight is 569 g/mol. The lowest BCUT2D eigenvalue weighted by Gasteiger charge is -2.22. The van der Waals surface area contributed by atoms with Crippen molar-refractivity contribution < 1.29 is 39.2 Å². The zero-order chi connectivity index (χ0) is 30.0. The molecule has 0 aliphatic heterocycles. The largest absolute Gasteiger partial charge is 0.481 e. The molecular weight excluding hydrogens is 535 g/mol. The Morgan fingerprint density at radius 1 is 0.976 bits per heavy atom. The van der Waals surface area contributed by atoms with Crippen molar-refractivity contribution in [1.29, 1.82) is 0 Å². The summed E-state index contributed by atoms with van der Waals surface area (Å²) >= 11 is 0. The molecule has 41 heavy (non-hydrogen) atoms. The summed E-state index contributed by atoms with van der Waals surface area (Å²) in [7, 11) is 2.09. The average Bonchev–Trinajstić information content (AvgIpc) is 3.53. The number of carbonyl (C=O) groups is 3. The Kier molecular flexibility index (Phi) is 10.7. The second kappa shape index (κ2) is 14.2. The topological polar surface area (TPSA) is 158 Å². The number of aliphatic carboxylic acids is 3. The summed E-state index contributed by atoms with van der Waals surface area (Å²) in [5, 5.41) is 35.1. The maximum Gasteiger partial charge on any atom is 0.336 e. The van der Waals surface area contributed by atoms with Crippen LogP contribution in [-0.2, 0) is 41.1 Å². The number of carboxylic acids is 3. The fourth-order valence-electron chi connectivity index (χ4n) is 4.46. The molecule has 0 atom stereocenters. The minimum atomic E-state index is -2.74. The fraction of sp³-hybridized carbons (Fsp3) is 0.310. The van der Waals surface area contributed by atoms with E-state index in [9.17, 15) is 18.8 Å². The third kappa shape index (κ3) is 9.26. The van der Waals surface area contributed by atoms with E-state index >= 15 is 0 Å². The van der Waals surface area contributed by atoms with Crippen molar-refractivity contribution >= 4 is 28.8 Å². The highest BCUT2D eigenvalue weighted by atomic mass is 19.1. The third-order valence-corrected chi connectivity index (χ3v) is 6.43. The van der Waals surface area contributed by atoms with E-state index in [4.69, 9.17) is 20.4 Å². The van der Waals surface area contributed by atoms with Crippen molar-refractivity contribution in [3.63, 3.8) is 0 Å². The van der Waals surface area contributed by atoms with Crippen LogP contribution >= 0.6 is 0 Å². The Morgan fingerprint density at radius 2 is 1.63 bits per heavy atom. The van der Waals surface area contributed by atoms with Gasteiger partial charge in [0.25, 0.3) is 0 Å². The minimum absolute atomic E-state index is 0.190. The van der Waals surface area contributed by atoms with E-state index < -0.39 is 36.4 Å². The molecule has 2 aromatic heterocycles. The quantitative estimate of drug-likeness (QED) is 0.190. The molecule has 12 heteroatoms. The van der Waals surface area contributed by atoms with E-state index in [0.717, 1.165) is 38.2 Å². The lowest BCUT2D eigenvalue weighted by Crippen LogP contribution is -2.42. The molecule has 11 nitrogen and oxygen atoms in total. The van der Waals surface area contributed by atoms with Crippen molar-refractivity contribution in [2.24, 2.45) is 7.05 Å². The highest BCUT2D eigenvalue weighted by Crippen LogP contribution is 2.23. The molecule has 0 fully saturated rings. The van der Waals surface area contributed by atoms with Crippen LogP contribution in [0.15, 0.2) is 73.4 Å². The van der Waals surface area contributed by atoms with Gasteiger partial charge in [0.15, 0.2) is 5.60 Å². The summed E-state index contributed by atoms with van der Waals surface area (Å²) in [6.07, 6.45) is 6.63. The molecular formula is C29H33FN4O7. The number of hydrogen-bond donors (Lipinski definition) is 4. The molecule has 2 heterocycles. The molecule has 4 aromatic rings. The maximum absolute atomic E-state index is 13.3. The molecule has 4 N–H and O–H groups in total. The minimum Gasteiger partial charge on any atom is -0.481 e. The van der Waals surface area contributed by atoms with E-state index in [2.05, 4.69) is 56.5 Å². The first kappa shape index (κ1) is 31.0. The van der Waals surface area contributed by atoms with Gasteiger partial charge in [0.2, 0.25) is 0 Å². The van der Waals surface area contributed by atoms with Crippen LogP contribution in [0.3, 0.4) is 0 Å². The van der Waals surface area contributed by atoms with Gasteiger partial charge < -0.3 is 29.6 Å². The number of aromatic nitrogens is 3. The van der Waals surface area contributed by atoms with Crippen LogP contribution in [-0.4, -0.2) is 69.5 Å². The Bertz CT molecular complexity index is 1440. The number of carboxylic acid groups (broad SMARTS) is 3. The van der Waals surface area contributed by atoms with Crippen LogP contribution < -0.4 is 0 Å². The molecule has 0 spiro atoms. The van der Waals surface area contributed by atoms with Crippen molar-refractivity contribution in [3.8, 4) is 0 Å². The van der Waals surface area contributed by atoms with Crippen molar-refractivity contribution in [2.45, 2.75) is 44.5 Å². The number of halogens is 1. The van der Waals surface area contributed by atoms with E-state index in [1.807, 2.05) is 30.9 Å². The van der Waals surface area contributed by atoms with Crippen LogP contribution in [0.1, 0.15) is 30.4 Å². The number of para-hydroxylation sites is 1. The zero-order valence-corrected chi connectivity index (χ0v) is 22.6. The van der Waals surface area contributed by atoms with E-state index in [0.29, 0.717) is 0 Å². The number of hydrogen-bond acceptors (Lipinski definition) is 6. The molecule has 0 amide bonds. The Hall–Kier alpha value is -4.55. The van der Waals surface area contributed by atoms with Gasteiger partial charge in [0, 0.05) is 62.7 Å². The maximum atomic E-state index is 13.3. The summed E-state index contributed by atoms with van der Waals surface area (Å²) in [6, 6.07) is 15.3. The van der Waals surface area contributed by atoms with Gasteiger partial charge in [-0.1, -0.05) is 30.3 Å². The molecule has 0 saturated heterocycles. The lowest BCUT2D eigenvalue weighted by atomic mass is 9.96. The molecule has 4 rings (SSSR count). The first-order valence-corrected chi connectivity index (χ1v) is 12.8. The van der Waals surface area contributed by atoms with Gasteiger partial charge in [-0.3, -0.25) is 14.5 Å². The van der Waals surface area contributed by atoms with Crippen LogP contribution in [0.4, 0.5) is 4.39 Å². The summed E-state index contributed by atoms with van der Waals surface area (Å²) in [5.41, 5.74) is 0.960. The predicted octanol–water partition coefficient (Wildman–Crippen LogP) is 3.36. The lowest BCUT2D eigenvalue weighted by molar-refractivity contribution is -0.170. The number of fused-ring (bicyclic) bond motifs is 1. The molecule has 0 aliphatic carbocycles. The number of nitrogens with zero attached hydrogens (tertiary/aromatic N) is 4. The molecule has 2 aromatic carbocycles. The third-order valence-electron chi connectivity index (χ3n) is 6.43. The van der Waals surface area contributed by atoms with Gasteiger partial charge in [-0.25, -0.2) is 14.2 Å². The first-order valence-electron chi connectivity index (χ1n) is 12.8. The smallest absolute Gasteiger partial charge is 0.336 e. The van der Waals surface area contributed by atoms with Gasteiger partial charge >= 0.3 is 17.9 Å². The van der Waals surface area contributed by atoms with Crippen molar-refractivity contribution in [3.05, 3.63) is 90.4 Å². The van der Waals surface area contributed by atoms with Gasteiger partial charge in [-0.05, 0) is 35.7 Å². The molecule has 0 radical (unpaired) electrons. The van der Waals surface area contributed by atoms with Crippen LogP contribution in [0.2, 0.25) is 0 Å². The van der Waals surface area contributed by atoms with Crippen LogP contribution in [0.25, 0.3) is 10.9 Å². The van der Waals surface area contributed by atoms with Gasteiger partial charge in [0.05, 0.1) is 19.2 Å². The number of aliphatic hydroxyl groups is 1.